The number of carboxylic acids is 1. The smallest absolute Gasteiger partial charge is 0.305 e. The summed E-state index contributed by atoms with van der Waals surface area (Å²) >= 11 is 0. The number of rotatable bonds is 7. The number of nitrogens with zero attached hydrogens (tertiary/aromatic N) is 1. The maximum atomic E-state index is 13.0. The molecule has 1 aromatic rings. The number of carbonyl (C=O) groups is 4. The van der Waals surface area contributed by atoms with Crippen molar-refractivity contribution in [2.45, 2.75) is 25.8 Å². The molecule has 3 N–H and O–H groups in total. The van der Waals surface area contributed by atoms with Gasteiger partial charge in [0.25, 0.3) is 0 Å². The van der Waals surface area contributed by atoms with Crippen LogP contribution in [0, 0.1) is 11.7 Å². The fourth-order valence-corrected chi connectivity index (χ4v) is 2.60. The highest BCUT2D eigenvalue weighted by Crippen LogP contribution is 2.25. The van der Waals surface area contributed by atoms with Gasteiger partial charge in [0.05, 0.1) is 12.3 Å². The van der Waals surface area contributed by atoms with E-state index in [4.69, 9.17) is 5.11 Å². The lowest BCUT2D eigenvalue weighted by molar-refractivity contribution is -0.137. The van der Waals surface area contributed by atoms with Crippen LogP contribution >= 0.6 is 0 Å². The van der Waals surface area contributed by atoms with E-state index in [1.807, 2.05) is 0 Å². The van der Waals surface area contributed by atoms with Crippen LogP contribution in [0.5, 0.6) is 0 Å². The Hall–Kier alpha value is -2.97. The summed E-state index contributed by atoms with van der Waals surface area (Å²) in [6.07, 6.45) is -0.216. The summed E-state index contributed by atoms with van der Waals surface area (Å²) in [7, 11) is 0. The Morgan fingerprint density at radius 1 is 1.31 bits per heavy atom. The van der Waals surface area contributed by atoms with E-state index in [-0.39, 0.29) is 31.8 Å². The van der Waals surface area contributed by atoms with E-state index < -0.39 is 35.6 Å². The van der Waals surface area contributed by atoms with Gasteiger partial charge < -0.3 is 20.6 Å². The van der Waals surface area contributed by atoms with Crippen molar-refractivity contribution in [1.29, 1.82) is 0 Å². The third-order valence-electron chi connectivity index (χ3n) is 4.02. The summed E-state index contributed by atoms with van der Waals surface area (Å²) < 4.78 is 13.0. The van der Waals surface area contributed by atoms with E-state index in [2.05, 4.69) is 10.6 Å². The molecular formula is C17H20FN3O5. The first-order chi connectivity index (χ1) is 12.3. The van der Waals surface area contributed by atoms with Crippen molar-refractivity contribution in [2.24, 2.45) is 5.92 Å². The molecule has 0 bridgehead atoms. The zero-order valence-corrected chi connectivity index (χ0v) is 14.2. The van der Waals surface area contributed by atoms with Gasteiger partial charge in [-0.3, -0.25) is 19.2 Å². The molecule has 8 nitrogen and oxygen atoms in total. The first-order valence-electron chi connectivity index (χ1n) is 8.13. The Morgan fingerprint density at radius 3 is 2.58 bits per heavy atom. The zero-order chi connectivity index (χ0) is 19.3. The highest BCUT2D eigenvalue weighted by molar-refractivity contribution is 6.01. The van der Waals surface area contributed by atoms with Gasteiger partial charge in [0.15, 0.2) is 0 Å². The molecule has 1 aromatic carbocycles. The monoisotopic (exact) mass is 365 g/mol. The Kier molecular flexibility index (Phi) is 6.26. The minimum absolute atomic E-state index is 0.00341. The standard InChI is InChI=1S/C17H20FN3O5/c1-10(16(25)19-7-6-15(23)24)20-17(26)11-8-14(22)21(9-11)13-4-2-12(18)3-5-13/h2-5,10-11H,6-9H2,1H3,(H,19,25)(H,20,26)(H,23,24)/t10-,11?/m0/s1. The van der Waals surface area contributed by atoms with Gasteiger partial charge in [-0.15, -0.1) is 0 Å². The molecule has 0 radical (unpaired) electrons. The van der Waals surface area contributed by atoms with Crippen LogP contribution in [0.3, 0.4) is 0 Å². The Balaban J connectivity index is 1.88. The fourth-order valence-electron chi connectivity index (χ4n) is 2.60. The number of aliphatic carboxylic acids is 1. The molecular weight excluding hydrogens is 345 g/mol. The van der Waals surface area contributed by atoms with Crippen LogP contribution in [-0.4, -0.2) is 47.9 Å². The van der Waals surface area contributed by atoms with Crippen LogP contribution in [0.1, 0.15) is 19.8 Å². The largest absolute Gasteiger partial charge is 0.481 e. The second-order valence-electron chi connectivity index (χ2n) is 6.05. The molecule has 140 valence electrons. The quantitative estimate of drug-likeness (QED) is 0.642. The predicted molar refractivity (Wildman–Crippen MR) is 89.7 cm³/mol. The number of carboxylic acid groups (broad SMARTS) is 1. The SMILES string of the molecule is C[C@H](NC(=O)C1CC(=O)N(c2ccc(F)cc2)C1)C(=O)NCCC(=O)O. The van der Waals surface area contributed by atoms with E-state index in [1.165, 1.54) is 36.1 Å². The van der Waals surface area contributed by atoms with E-state index in [0.29, 0.717) is 5.69 Å². The van der Waals surface area contributed by atoms with Gasteiger partial charge in [-0.25, -0.2) is 4.39 Å². The number of hydrogen-bond acceptors (Lipinski definition) is 4. The van der Waals surface area contributed by atoms with Crippen molar-refractivity contribution < 1.29 is 28.7 Å². The van der Waals surface area contributed by atoms with E-state index in [9.17, 15) is 23.6 Å². The lowest BCUT2D eigenvalue weighted by atomic mass is 10.1. The first-order valence-corrected chi connectivity index (χ1v) is 8.13. The van der Waals surface area contributed by atoms with Crippen LogP contribution in [0.4, 0.5) is 10.1 Å². The molecule has 0 saturated carbocycles. The van der Waals surface area contributed by atoms with Gasteiger partial charge in [0.2, 0.25) is 17.7 Å². The normalized spacial score (nSPS) is 17.7. The van der Waals surface area contributed by atoms with E-state index in [1.54, 1.807) is 0 Å². The van der Waals surface area contributed by atoms with Crippen molar-refractivity contribution >= 4 is 29.4 Å². The Morgan fingerprint density at radius 2 is 1.96 bits per heavy atom. The van der Waals surface area contributed by atoms with E-state index in [0.717, 1.165) is 0 Å². The maximum Gasteiger partial charge on any atom is 0.305 e. The molecule has 2 rings (SSSR count). The minimum Gasteiger partial charge on any atom is -0.481 e. The molecule has 9 heteroatoms. The lowest BCUT2D eigenvalue weighted by Gasteiger charge is -2.18. The van der Waals surface area contributed by atoms with Gasteiger partial charge >= 0.3 is 5.97 Å². The number of hydrogen-bond donors (Lipinski definition) is 3. The molecule has 1 saturated heterocycles. The van der Waals surface area contributed by atoms with Crippen LogP contribution in [0.2, 0.25) is 0 Å². The summed E-state index contributed by atoms with van der Waals surface area (Å²) in [5.41, 5.74) is 0.506. The van der Waals surface area contributed by atoms with Gasteiger partial charge in [0, 0.05) is 25.2 Å². The van der Waals surface area contributed by atoms with Crippen molar-refractivity contribution in [1.82, 2.24) is 10.6 Å². The van der Waals surface area contributed by atoms with Crippen LogP contribution in [0.15, 0.2) is 24.3 Å². The van der Waals surface area contributed by atoms with Crippen molar-refractivity contribution in [2.75, 3.05) is 18.0 Å². The molecule has 1 heterocycles. The zero-order valence-electron chi connectivity index (χ0n) is 14.2. The van der Waals surface area contributed by atoms with E-state index >= 15 is 0 Å². The summed E-state index contributed by atoms with van der Waals surface area (Å²) in [6.45, 7) is 1.58. The third kappa shape index (κ3) is 5.01. The number of benzene rings is 1. The van der Waals surface area contributed by atoms with Crippen LogP contribution < -0.4 is 15.5 Å². The number of anilines is 1. The molecule has 1 aliphatic rings. The fraction of sp³-hybridized carbons (Fsp3) is 0.412. The molecule has 0 aliphatic carbocycles. The Bertz CT molecular complexity index is 707. The summed E-state index contributed by atoms with van der Waals surface area (Å²) in [6, 6.07) is 4.54. The second-order valence-corrected chi connectivity index (χ2v) is 6.05. The van der Waals surface area contributed by atoms with Gasteiger partial charge in [-0.1, -0.05) is 0 Å². The summed E-state index contributed by atoms with van der Waals surface area (Å²) in [5, 5.41) is 13.5. The van der Waals surface area contributed by atoms with Gasteiger partial charge in [-0.2, -0.15) is 0 Å². The number of amides is 3. The molecule has 1 fully saturated rings. The number of carbonyl (C=O) groups excluding carboxylic acids is 3. The van der Waals surface area contributed by atoms with Crippen molar-refractivity contribution in [3.05, 3.63) is 30.1 Å². The van der Waals surface area contributed by atoms with Crippen molar-refractivity contribution in [3.8, 4) is 0 Å². The second kappa shape index (κ2) is 8.41. The summed E-state index contributed by atoms with van der Waals surface area (Å²) in [4.78, 5) is 48.1. The molecule has 1 aliphatic heterocycles. The molecule has 1 unspecified atom stereocenters. The molecule has 2 atom stereocenters. The van der Waals surface area contributed by atoms with Gasteiger partial charge in [-0.05, 0) is 31.2 Å². The lowest BCUT2D eigenvalue weighted by Crippen LogP contribution is -2.47. The first kappa shape index (κ1) is 19.4. The Labute approximate surface area is 149 Å². The molecule has 3 amide bonds. The predicted octanol–water partition coefficient (Wildman–Crippen LogP) is 0.274. The average molecular weight is 365 g/mol. The number of halogens is 1. The average Bonchev–Trinajstić information content (AvgIpc) is 2.97. The summed E-state index contributed by atoms with van der Waals surface area (Å²) in [5.74, 6) is -3.27. The molecule has 0 spiro atoms. The third-order valence-corrected chi connectivity index (χ3v) is 4.02. The topological polar surface area (TPSA) is 116 Å². The molecule has 0 aromatic heterocycles. The molecule has 26 heavy (non-hydrogen) atoms. The highest BCUT2D eigenvalue weighted by Gasteiger charge is 2.36. The van der Waals surface area contributed by atoms with Crippen LogP contribution in [0.25, 0.3) is 0 Å². The maximum absolute atomic E-state index is 13.0. The highest BCUT2D eigenvalue weighted by atomic mass is 19.1. The number of nitrogens with one attached hydrogen (secondary N) is 2. The van der Waals surface area contributed by atoms with Crippen molar-refractivity contribution in [3.63, 3.8) is 0 Å². The van der Waals surface area contributed by atoms with Crippen LogP contribution in [-0.2, 0) is 19.2 Å². The van der Waals surface area contributed by atoms with Gasteiger partial charge in [0.1, 0.15) is 11.9 Å². The minimum atomic E-state index is -1.03.